The van der Waals surface area contributed by atoms with Crippen molar-refractivity contribution in [2.75, 3.05) is 0 Å². The molecule has 0 aromatic carbocycles. The van der Waals surface area contributed by atoms with Crippen LogP contribution in [0.2, 0.25) is 0 Å². The standard InChI is InChI=1S/C4Br2Cl2O2/c5-1(3(7)9)2(6)4(8)10/b2-1+. The van der Waals surface area contributed by atoms with Gasteiger partial charge in [-0.3, -0.25) is 9.59 Å². The van der Waals surface area contributed by atoms with Gasteiger partial charge in [0.2, 0.25) is 0 Å². The highest BCUT2D eigenvalue weighted by Gasteiger charge is 2.12. The summed E-state index contributed by atoms with van der Waals surface area (Å²) in [6.45, 7) is 0. The molecule has 0 aromatic heterocycles. The van der Waals surface area contributed by atoms with E-state index in [1.54, 1.807) is 0 Å². The van der Waals surface area contributed by atoms with Gasteiger partial charge in [-0.25, -0.2) is 0 Å². The van der Waals surface area contributed by atoms with Gasteiger partial charge in [0, 0.05) is 0 Å². The Hall–Kier alpha value is 0.620. The van der Waals surface area contributed by atoms with Crippen molar-refractivity contribution in [2.24, 2.45) is 0 Å². The second kappa shape index (κ2) is 4.49. The van der Waals surface area contributed by atoms with E-state index in [4.69, 9.17) is 23.2 Å². The average Bonchev–Trinajstić information content (AvgIpc) is 1.84. The Morgan fingerprint density at radius 2 is 1.10 bits per heavy atom. The molecular formula is C4Br2Cl2O2. The Morgan fingerprint density at radius 1 is 0.900 bits per heavy atom. The van der Waals surface area contributed by atoms with E-state index < -0.39 is 10.5 Å². The van der Waals surface area contributed by atoms with Crippen LogP contribution in [-0.2, 0) is 9.59 Å². The highest BCUT2D eigenvalue weighted by atomic mass is 79.9. The maximum atomic E-state index is 10.3. The van der Waals surface area contributed by atoms with Gasteiger partial charge in [0.25, 0.3) is 10.5 Å². The fourth-order valence-electron chi connectivity index (χ4n) is 0.173. The summed E-state index contributed by atoms with van der Waals surface area (Å²) in [7, 11) is 0. The summed E-state index contributed by atoms with van der Waals surface area (Å²) in [4.78, 5) is 20.6. The SMILES string of the molecule is O=C(Cl)/C(Br)=C(\Br)C(=O)Cl. The zero-order valence-electron chi connectivity index (χ0n) is 4.33. The van der Waals surface area contributed by atoms with Gasteiger partial charge in [-0.1, -0.05) is 0 Å². The molecule has 56 valence electrons. The van der Waals surface area contributed by atoms with Crippen molar-refractivity contribution in [1.82, 2.24) is 0 Å². The number of hydrogen-bond donors (Lipinski definition) is 0. The number of carbonyl (C=O) groups excluding carboxylic acids is 2. The monoisotopic (exact) mass is 308 g/mol. The molecule has 0 spiro atoms. The molecule has 0 N–H and O–H groups in total. The molecule has 0 atom stereocenters. The minimum absolute atomic E-state index is 0.0748. The molecule has 0 bridgehead atoms. The quantitative estimate of drug-likeness (QED) is 0.580. The molecule has 0 unspecified atom stereocenters. The van der Waals surface area contributed by atoms with Crippen LogP contribution in [0.15, 0.2) is 8.96 Å². The largest absolute Gasteiger partial charge is 0.275 e. The van der Waals surface area contributed by atoms with E-state index in [0.29, 0.717) is 0 Å². The Balaban J connectivity index is 4.67. The summed E-state index contributed by atoms with van der Waals surface area (Å²) in [6.07, 6.45) is 0. The predicted octanol–water partition coefficient (Wildman–Crippen LogP) is 2.52. The van der Waals surface area contributed by atoms with Crippen LogP contribution < -0.4 is 0 Å². The van der Waals surface area contributed by atoms with Crippen molar-refractivity contribution >= 4 is 65.5 Å². The lowest BCUT2D eigenvalue weighted by molar-refractivity contribution is -0.110. The molecular weight excluding hydrogens is 311 g/mol. The van der Waals surface area contributed by atoms with Gasteiger partial charge in [0.1, 0.15) is 0 Å². The van der Waals surface area contributed by atoms with Gasteiger partial charge >= 0.3 is 0 Å². The molecule has 0 fully saturated rings. The summed E-state index contributed by atoms with van der Waals surface area (Å²) < 4.78 is -0.150. The van der Waals surface area contributed by atoms with Gasteiger partial charge in [0.15, 0.2) is 0 Å². The molecule has 0 aliphatic rings. The van der Waals surface area contributed by atoms with Crippen LogP contribution in [0.5, 0.6) is 0 Å². The first-order valence-electron chi connectivity index (χ1n) is 1.91. The van der Waals surface area contributed by atoms with Crippen LogP contribution >= 0.6 is 55.1 Å². The molecule has 0 amide bonds. The summed E-state index contributed by atoms with van der Waals surface area (Å²) in [5.74, 6) is 0. The molecule has 0 aliphatic heterocycles. The number of halogens is 4. The van der Waals surface area contributed by atoms with Crippen molar-refractivity contribution in [1.29, 1.82) is 0 Å². The minimum atomic E-state index is -0.777. The topological polar surface area (TPSA) is 34.1 Å². The molecule has 0 heterocycles. The molecule has 0 aromatic rings. The Bertz CT molecular complexity index is 189. The summed E-state index contributed by atoms with van der Waals surface area (Å²) in [5.41, 5.74) is 0. The number of carbonyl (C=O) groups is 2. The highest BCUT2D eigenvalue weighted by Crippen LogP contribution is 2.22. The minimum Gasteiger partial charge on any atom is -0.275 e. The van der Waals surface area contributed by atoms with Crippen LogP contribution in [0.25, 0.3) is 0 Å². The summed E-state index contributed by atoms with van der Waals surface area (Å²) in [5, 5.41) is -1.55. The molecule has 0 saturated carbocycles. The fraction of sp³-hybridized carbons (Fsp3) is 0. The fourth-order valence-corrected chi connectivity index (χ4v) is 0.950. The highest BCUT2D eigenvalue weighted by molar-refractivity contribution is 9.14. The van der Waals surface area contributed by atoms with Crippen LogP contribution in [0.3, 0.4) is 0 Å². The van der Waals surface area contributed by atoms with E-state index >= 15 is 0 Å². The second-order valence-electron chi connectivity index (χ2n) is 1.18. The third kappa shape index (κ3) is 3.14. The van der Waals surface area contributed by atoms with Gasteiger partial charge in [-0.15, -0.1) is 0 Å². The molecule has 10 heavy (non-hydrogen) atoms. The normalized spacial score (nSPS) is 12.4. The Morgan fingerprint density at radius 3 is 1.20 bits per heavy atom. The molecule has 2 nitrogen and oxygen atoms in total. The van der Waals surface area contributed by atoms with E-state index in [-0.39, 0.29) is 8.96 Å². The molecule has 6 heteroatoms. The lowest BCUT2D eigenvalue weighted by atomic mass is 10.5. The summed E-state index contributed by atoms with van der Waals surface area (Å²) >= 11 is 15.5. The molecule has 0 radical (unpaired) electrons. The van der Waals surface area contributed by atoms with Crippen molar-refractivity contribution in [3.8, 4) is 0 Å². The maximum Gasteiger partial charge on any atom is 0.260 e. The summed E-state index contributed by atoms with van der Waals surface area (Å²) in [6, 6.07) is 0. The first-order chi connectivity index (χ1) is 4.46. The molecule has 0 saturated heterocycles. The second-order valence-corrected chi connectivity index (χ2v) is 3.45. The number of hydrogen-bond acceptors (Lipinski definition) is 2. The number of allylic oxidation sites excluding steroid dienone is 2. The predicted molar refractivity (Wildman–Crippen MR) is 46.6 cm³/mol. The van der Waals surface area contributed by atoms with Crippen LogP contribution in [0.4, 0.5) is 0 Å². The smallest absolute Gasteiger partial charge is 0.260 e. The Labute approximate surface area is 83.8 Å². The van der Waals surface area contributed by atoms with Crippen molar-refractivity contribution < 1.29 is 9.59 Å². The van der Waals surface area contributed by atoms with E-state index in [9.17, 15) is 9.59 Å². The van der Waals surface area contributed by atoms with Crippen LogP contribution in [-0.4, -0.2) is 10.5 Å². The van der Waals surface area contributed by atoms with Crippen molar-refractivity contribution in [3.63, 3.8) is 0 Å². The van der Waals surface area contributed by atoms with Gasteiger partial charge in [-0.05, 0) is 55.1 Å². The van der Waals surface area contributed by atoms with E-state index in [0.717, 1.165) is 0 Å². The van der Waals surface area contributed by atoms with Gasteiger partial charge in [0.05, 0.1) is 8.96 Å². The zero-order chi connectivity index (χ0) is 8.31. The van der Waals surface area contributed by atoms with Gasteiger partial charge < -0.3 is 0 Å². The average molecular weight is 311 g/mol. The van der Waals surface area contributed by atoms with Crippen LogP contribution in [0.1, 0.15) is 0 Å². The van der Waals surface area contributed by atoms with Crippen LogP contribution in [0, 0.1) is 0 Å². The maximum absolute atomic E-state index is 10.3. The van der Waals surface area contributed by atoms with Gasteiger partial charge in [-0.2, -0.15) is 0 Å². The first kappa shape index (κ1) is 10.6. The van der Waals surface area contributed by atoms with Crippen molar-refractivity contribution in [3.05, 3.63) is 8.96 Å². The van der Waals surface area contributed by atoms with E-state index in [1.807, 2.05) is 0 Å². The third-order valence-corrected chi connectivity index (χ3v) is 3.42. The first-order valence-corrected chi connectivity index (χ1v) is 4.26. The molecule has 0 rings (SSSR count). The van der Waals surface area contributed by atoms with E-state index in [1.165, 1.54) is 0 Å². The third-order valence-electron chi connectivity index (χ3n) is 0.538. The Kier molecular flexibility index (Phi) is 4.77. The van der Waals surface area contributed by atoms with E-state index in [2.05, 4.69) is 31.9 Å². The van der Waals surface area contributed by atoms with Crippen molar-refractivity contribution in [2.45, 2.75) is 0 Å². The lowest BCUT2D eigenvalue weighted by Gasteiger charge is -1.90. The zero-order valence-corrected chi connectivity index (χ0v) is 9.01. The number of rotatable bonds is 2. The molecule has 0 aliphatic carbocycles. The lowest BCUT2D eigenvalue weighted by Crippen LogP contribution is -1.93.